The maximum Gasteiger partial charge on any atom is 0.200 e. The number of rotatable bonds is 10. The smallest absolute Gasteiger partial charge is 0.200 e. The van der Waals surface area contributed by atoms with E-state index >= 15 is 0 Å². The zero-order valence-electron chi connectivity index (χ0n) is 20.4. The summed E-state index contributed by atoms with van der Waals surface area (Å²) < 4.78 is 60.8. The Kier molecular flexibility index (Phi) is 8.70. The molecule has 0 N–H and O–H groups in total. The molecule has 0 aromatic heterocycles. The average molecular weight is 497 g/mol. The van der Waals surface area contributed by atoms with Crippen molar-refractivity contribution in [3.05, 3.63) is 95.8 Å². The number of ether oxygens (including phenoxy) is 3. The van der Waals surface area contributed by atoms with Crippen LogP contribution >= 0.6 is 0 Å². The van der Waals surface area contributed by atoms with Crippen molar-refractivity contribution in [1.82, 2.24) is 0 Å². The second-order valence-electron chi connectivity index (χ2n) is 8.94. The molecule has 0 heterocycles. The van der Waals surface area contributed by atoms with Gasteiger partial charge < -0.3 is 14.2 Å². The van der Waals surface area contributed by atoms with Crippen LogP contribution in [0.4, 0.5) is 13.2 Å². The van der Waals surface area contributed by atoms with Gasteiger partial charge in [-0.25, -0.2) is 8.78 Å². The van der Waals surface area contributed by atoms with Gasteiger partial charge in [-0.05, 0) is 73.4 Å². The lowest BCUT2D eigenvalue weighted by Gasteiger charge is -2.29. The van der Waals surface area contributed by atoms with E-state index in [0.717, 1.165) is 31.2 Å². The predicted octanol–water partition coefficient (Wildman–Crippen LogP) is 7.98. The van der Waals surface area contributed by atoms with Crippen LogP contribution in [0.5, 0.6) is 11.5 Å². The Bertz CT molecular complexity index is 1170. The summed E-state index contributed by atoms with van der Waals surface area (Å²) in [6.45, 7) is 6.57. The zero-order valence-corrected chi connectivity index (χ0v) is 20.4. The molecule has 0 unspecified atom stereocenters. The van der Waals surface area contributed by atoms with Crippen LogP contribution in [0.2, 0.25) is 0 Å². The van der Waals surface area contributed by atoms with E-state index in [1.54, 1.807) is 48.5 Å². The second-order valence-corrected chi connectivity index (χ2v) is 8.94. The Morgan fingerprint density at radius 1 is 0.889 bits per heavy atom. The minimum atomic E-state index is -0.961. The van der Waals surface area contributed by atoms with E-state index in [2.05, 4.69) is 6.58 Å². The quantitative estimate of drug-likeness (QED) is 0.266. The first-order valence-corrected chi connectivity index (χ1v) is 12.3. The number of benzene rings is 3. The largest absolute Gasteiger partial charge is 0.489 e. The summed E-state index contributed by atoms with van der Waals surface area (Å²) in [5, 5.41) is 0. The van der Waals surface area contributed by atoms with Gasteiger partial charge in [0.1, 0.15) is 24.8 Å². The van der Waals surface area contributed by atoms with Crippen LogP contribution in [0.25, 0.3) is 11.1 Å². The molecule has 0 bridgehead atoms. The van der Waals surface area contributed by atoms with Crippen molar-refractivity contribution in [2.24, 2.45) is 0 Å². The molecule has 0 amide bonds. The van der Waals surface area contributed by atoms with Crippen LogP contribution in [0.3, 0.4) is 0 Å². The van der Waals surface area contributed by atoms with E-state index < -0.39 is 17.5 Å². The van der Waals surface area contributed by atoms with E-state index in [1.807, 2.05) is 6.92 Å². The molecule has 1 fully saturated rings. The molecule has 0 radical (unpaired) electrons. The first-order valence-electron chi connectivity index (χ1n) is 12.3. The fraction of sp³-hybridized carbons (Fsp3) is 0.333. The molecular formula is C30H31F3O3. The summed E-state index contributed by atoms with van der Waals surface area (Å²) >= 11 is 0. The highest BCUT2D eigenvalue weighted by molar-refractivity contribution is 5.65. The highest BCUT2D eigenvalue weighted by Crippen LogP contribution is 2.37. The molecule has 1 aliphatic carbocycles. The molecule has 0 spiro atoms. The van der Waals surface area contributed by atoms with E-state index in [-0.39, 0.29) is 24.4 Å². The lowest BCUT2D eigenvalue weighted by molar-refractivity contribution is 0.0325. The normalized spacial score (nSPS) is 17.6. The topological polar surface area (TPSA) is 27.7 Å². The Morgan fingerprint density at radius 2 is 1.64 bits per heavy atom. The van der Waals surface area contributed by atoms with Crippen LogP contribution in [0, 0.1) is 17.5 Å². The maximum atomic E-state index is 14.9. The monoisotopic (exact) mass is 496 g/mol. The van der Waals surface area contributed by atoms with Crippen LogP contribution in [-0.4, -0.2) is 19.3 Å². The summed E-state index contributed by atoms with van der Waals surface area (Å²) in [5.41, 5.74) is 2.28. The third kappa shape index (κ3) is 6.11. The molecule has 1 saturated carbocycles. The lowest BCUT2D eigenvalue weighted by atomic mass is 9.82. The van der Waals surface area contributed by atoms with E-state index in [1.165, 1.54) is 12.1 Å². The fourth-order valence-electron chi connectivity index (χ4n) is 4.67. The molecule has 0 aliphatic heterocycles. The number of halogens is 3. The molecule has 3 aromatic rings. The molecule has 6 heteroatoms. The van der Waals surface area contributed by atoms with Gasteiger partial charge in [-0.15, -0.1) is 0 Å². The highest BCUT2D eigenvalue weighted by atomic mass is 19.2. The molecule has 1 aliphatic rings. The van der Waals surface area contributed by atoms with Crippen molar-refractivity contribution in [3.63, 3.8) is 0 Å². The SMILES string of the molecule is C=CCOc1ccc(-c2ccc(COc3ccc(C4CCC(OCC)CC4)c(F)c3F)cc2)c(F)c1. The van der Waals surface area contributed by atoms with Gasteiger partial charge in [-0.1, -0.05) is 43.0 Å². The van der Waals surface area contributed by atoms with Gasteiger partial charge >= 0.3 is 0 Å². The third-order valence-electron chi connectivity index (χ3n) is 6.56. The molecular weight excluding hydrogens is 465 g/mol. The van der Waals surface area contributed by atoms with Crippen molar-refractivity contribution in [1.29, 1.82) is 0 Å². The molecule has 3 aromatic carbocycles. The van der Waals surface area contributed by atoms with Crippen molar-refractivity contribution >= 4 is 0 Å². The summed E-state index contributed by atoms with van der Waals surface area (Å²) in [4.78, 5) is 0. The summed E-state index contributed by atoms with van der Waals surface area (Å²) in [6.07, 6.45) is 5.06. The van der Waals surface area contributed by atoms with Gasteiger partial charge in [0.15, 0.2) is 11.6 Å². The van der Waals surface area contributed by atoms with Gasteiger partial charge in [0, 0.05) is 18.2 Å². The molecule has 36 heavy (non-hydrogen) atoms. The summed E-state index contributed by atoms with van der Waals surface area (Å²) in [6, 6.07) is 14.9. The molecule has 3 nitrogen and oxygen atoms in total. The number of hydrogen-bond acceptors (Lipinski definition) is 3. The van der Waals surface area contributed by atoms with Crippen molar-refractivity contribution < 1.29 is 27.4 Å². The van der Waals surface area contributed by atoms with Crippen LogP contribution in [-0.2, 0) is 11.3 Å². The highest BCUT2D eigenvalue weighted by Gasteiger charge is 2.27. The van der Waals surface area contributed by atoms with Gasteiger partial charge in [0.05, 0.1) is 6.10 Å². The Hall–Kier alpha value is -3.25. The van der Waals surface area contributed by atoms with Crippen molar-refractivity contribution in [3.8, 4) is 22.6 Å². The minimum absolute atomic E-state index is 0.0131. The van der Waals surface area contributed by atoms with Crippen molar-refractivity contribution in [2.75, 3.05) is 13.2 Å². The van der Waals surface area contributed by atoms with Crippen LogP contribution < -0.4 is 9.47 Å². The third-order valence-corrected chi connectivity index (χ3v) is 6.56. The van der Waals surface area contributed by atoms with Crippen molar-refractivity contribution in [2.45, 2.75) is 51.2 Å². The Labute approximate surface area is 210 Å². The zero-order chi connectivity index (χ0) is 25.5. The Balaban J connectivity index is 1.38. The van der Waals surface area contributed by atoms with Gasteiger partial charge in [-0.3, -0.25) is 0 Å². The predicted molar refractivity (Wildman–Crippen MR) is 135 cm³/mol. The Morgan fingerprint density at radius 3 is 2.31 bits per heavy atom. The standard InChI is InChI=1S/C30H31F3O3/c1-3-17-35-24-13-14-25(27(31)18-24)21-7-5-20(6-8-21)19-36-28-16-15-26(29(32)30(28)33)22-9-11-23(12-10-22)34-4-2/h3,5-8,13-16,18,22-23H,1,4,9-12,17,19H2,2H3. The maximum absolute atomic E-state index is 14.9. The second kappa shape index (κ2) is 12.1. The van der Waals surface area contributed by atoms with Gasteiger partial charge in [0.2, 0.25) is 5.82 Å². The van der Waals surface area contributed by atoms with E-state index in [4.69, 9.17) is 14.2 Å². The van der Waals surface area contributed by atoms with E-state index in [9.17, 15) is 13.2 Å². The van der Waals surface area contributed by atoms with Gasteiger partial charge in [0.25, 0.3) is 0 Å². The van der Waals surface area contributed by atoms with Gasteiger partial charge in [-0.2, -0.15) is 4.39 Å². The molecule has 0 atom stereocenters. The minimum Gasteiger partial charge on any atom is -0.489 e. The van der Waals surface area contributed by atoms with Crippen LogP contribution in [0.15, 0.2) is 67.3 Å². The molecule has 190 valence electrons. The van der Waals surface area contributed by atoms with E-state index in [0.29, 0.717) is 35.7 Å². The summed E-state index contributed by atoms with van der Waals surface area (Å²) in [7, 11) is 0. The number of hydrogen-bond donors (Lipinski definition) is 0. The van der Waals surface area contributed by atoms with Crippen LogP contribution in [0.1, 0.15) is 49.7 Å². The average Bonchev–Trinajstić information content (AvgIpc) is 2.90. The first-order chi connectivity index (χ1) is 17.5. The molecule has 4 rings (SSSR count). The lowest BCUT2D eigenvalue weighted by Crippen LogP contribution is -2.21. The first kappa shape index (κ1) is 25.8. The fourth-order valence-corrected chi connectivity index (χ4v) is 4.67. The summed E-state index contributed by atoms with van der Waals surface area (Å²) in [5.74, 6) is -1.90. The molecule has 0 saturated heterocycles.